The number of hydrogen-bond acceptors (Lipinski definition) is 4. The monoisotopic (exact) mass is 363 g/mol. The first-order valence-electron chi connectivity index (χ1n) is 10.1. The van der Waals surface area contributed by atoms with E-state index < -0.39 is 0 Å². The summed E-state index contributed by atoms with van der Waals surface area (Å²) in [6.07, 6.45) is 2.23. The summed E-state index contributed by atoms with van der Waals surface area (Å²) >= 11 is 0. The van der Waals surface area contributed by atoms with E-state index in [1.807, 2.05) is 0 Å². The van der Waals surface area contributed by atoms with Crippen molar-refractivity contribution in [2.24, 2.45) is 5.16 Å². The molecule has 2 aliphatic heterocycles. The molecule has 2 aliphatic rings. The molecule has 4 heteroatoms. The highest BCUT2D eigenvalue weighted by Crippen LogP contribution is 2.29. The van der Waals surface area contributed by atoms with Crippen LogP contribution in [0.3, 0.4) is 0 Å². The fraction of sp³-hybridized carbons (Fsp3) is 0.435. The molecule has 1 fully saturated rings. The van der Waals surface area contributed by atoms with Gasteiger partial charge in [0, 0.05) is 39.1 Å². The molecule has 0 spiro atoms. The molecule has 0 amide bonds. The van der Waals surface area contributed by atoms with Crippen LogP contribution in [-0.4, -0.2) is 54.3 Å². The summed E-state index contributed by atoms with van der Waals surface area (Å²) in [5, 5.41) is 4.20. The molecule has 1 unspecified atom stereocenters. The molecule has 0 aliphatic carbocycles. The second-order valence-electron chi connectivity index (χ2n) is 7.50. The third-order valence-electron chi connectivity index (χ3n) is 5.67. The fourth-order valence-corrected chi connectivity index (χ4v) is 4.17. The molecule has 2 heterocycles. The van der Waals surface area contributed by atoms with E-state index in [-0.39, 0.29) is 6.10 Å². The summed E-state index contributed by atoms with van der Waals surface area (Å²) in [5.41, 5.74) is 3.95. The predicted octanol–water partition coefficient (Wildman–Crippen LogP) is 3.95. The molecule has 0 aromatic heterocycles. The second-order valence-corrected chi connectivity index (χ2v) is 7.50. The number of nitrogens with zero attached hydrogens (tertiary/aromatic N) is 3. The van der Waals surface area contributed by atoms with Gasteiger partial charge < -0.3 is 4.84 Å². The molecule has 27 heavy (non-hydrogen) atoms. The van der Waals surface area contributed by atoms with Crippen LogP contribution in [0, 0.1) is 0 Å². The summed E-state index contributed by atoms with van der Waals surface area (Å²) in [6, 6.07) is 22.1. The lowest BCUT2D eigenvalue weighted by Gasteiger charge is -2.40. The Bertz CT molecular complexity index is 699. The van der Waals surface area contributed by atoms with Gasteiger partial charge in [-0.2, -0.15) is 0 Å². The Kier molecular flexibility index (Phi) is 5.85. The Hall–Kier alpha value is -2.17. The Morgan fingerprint density at radius 3 is 2.04 bits per heavy atom. The van der Waals surface area contributed by atoms with Gasteiger partial charge >= 0.3 is 0 Å². The number of oxime groups is 1. The largest absolute Gasteiger partial charge is 0.391 e. The predicted molar refractivity (Wildman–Crippen MR) is 110 cm³/mol. The van der Waals surface area contributed by atoms with Crippen LogP contribution in [0.2, 0.25) is 0 Å². The lowest BCUT2D eigenvalue weighted by atomic mass is 9.96. The van der Waals surface area contributed by atoms with Crippen LogP contribution in [0.4, 0.5) is 0 Å². The van der Waals surface area contributed by atoms with Crippen molar-refractivity contribution in [3.63, 3.8) is 0 Å². The van der Waals surface area contributed by atoms with Crippen molar-refractivity contribution >= 4 is 5.71 Å². The van der Waals surface area contributed by atoms with Gasteiger partial charge in [0.1, 0.15) is 6.10 Å². The number of hydrogen-bond donors (Lipinski definition) is 0. The topological polar surface area (TPSA) is 28.1 Å². The molecule has 4 nitrogen and oxygen atoms in total. The highest BCUT2D eigenvalue weighted by molar-refractivity contribution is 5.85. The Labute approximate surface area is 162 Å². The zero-order valence-electron chi connectivity index (χ0n) is 16.1. The van der Waals surface area contributed by atoms with Crippen molar-refractivity contribution in [2.75, 3.05) is 32.7 Å². The first-order chi connectivity index (χ1) is 13.3. The Morgan fingerprint density at radius 2 is 1.52 bits per heavy atom. The minimum Gasteiger partial charge on any atom is -0.391 e. The molecule has 2 aromatic rings. The van der Waals surface area contributed by atoms with E-state index in [0.717, 1.165) is 45.6 Å². The van der Waals surface area contributed by atoms with Crippen molar-refractivity contribution in [3.8, 4) is 0 Å². The zero-order valence-corrected chi connectivity index (χ0v) is 16.1. The Morgan fingerprint density at radius 1 is 0.926 bits per heavy atom. The van der Waals surface area contributed by atoms with Crippen LogP contribution in [-0.2, 0) is 4.84 Å². The van der Waals surface area contributed by atoms with Crippen LogP contribution in [0.25, 0.3) is 0 Å². The van der Waals surface area contributed by atoms with Crippen LogP contribution in [0.1, 0.15) is 36.9 Å². The van der Waals surface area contributed by atoms with Crippen LogP contribution < -0.4 is 0 Å². The SMILES string of the molecule is CCC1=NOC(CN2CCN(C(c3ccccc3)c3ccccc3)CC2)C1. The summed E-state index contributed by atoms with van der Waals surface area (Å²) in [7, 11) is 0. The van der Waals surface area contributed by atoms with E-state index in [9.17, 15) is 0 Å². The summed E-state index contributed by atoms with van der Waals surface area (Å²) in [5.74, 6) is 0. The quantitative estimate of drug-likeness (QED) is 0.778. The minimum atomic E-state index is 0.241. The smallest absolute Gasteiger partial charge is 0.145 e. The van der Waals surface area contributed by atoms with Gasteiger partial charge in [-0.05, 0) is 17.5 Å². The molecule has 0 radical (unpaired) electrons. The third-order valence-corrected chi connectivity index (χ3v) is 5.67. The van der Waals surface area contributed by atoms with E-state index in [1.54, 1.807) is 0 Å². The van der Waals surface area contributed by atoms with Gasteiger partial charge in [0.05, 0.1) is 11.8 Å². The van der Waals surface area contributed by atoms with Gasteiger partial charge in [-0.1, -0.05) is 72.7 Å². The molecule has 2 aromatic carbocycles. The molecular weight excluding hydrogens is 334 g/mol. The van der Waals surface area contributed by atoms with E-state index in [0.29, 0.717) is 6.04 Å². The first-order valence-corrected chi connectivity index (χ1v) is 10.1. The van der Waals surface area contributed by atoms with Crippen LogP contribution >= 0.6 is 0 Å². The minimum absolute atomic E-state index is 0.241. The highest BCUT2D eigenvalue weighted by Gasteiger charge is 2.29. The maximum Gasteiger partial charge on any atom is 0.145 e. The van der Waals surface area contributed by atoms with Gasteiger partial charge in [0.2, 0.25) is 0 Å². The average Bonchev–Trinajstić information content (AvgIpc) is 3.19. The third kappa shape index (κ3) is 4.40. The Balaban J connectivity index is 1.40. The first kappa shape index (κ1) is 18.2. The molecule has 0 N–H and O–H groups in total. The van der Waals surface area contributed by atoms with Gasteiger partial charge in [-0.15, -0.1) is 0 Å². The maximum atomic E-state index is 5.60. The van der Waals surface area contributed by atoms with Gasteiger partial charge in [-0.3, -0.25) is 9.80 Å². The molecule has 0 saturated carbocycles. The summed E-state index contributed by atoms with van der Waals surface area (Å²) < 4.78 is 0. The maximum absolute atomic E-state index is 5.60. The van der Waals surface area contributed by atoms with Crippen LogP contribution in [0.15, 0.2) is 65.8 Å². The van der Waals surface area contributed by atoms with Gasteiger partial charge in [0.15, 0.2) is 0 Å². The standard InChI is InChI=1S/C23H29N3O/c1-2-21-17-22(27-24-21)18-25-13-15-26(16-14-25)23(19-9-5-3-6-10-19)20-11-7-4-8-12-20/h3-12,22-23H,2,13-18H2,1H3. The van der Waals surface area contributed by atoms with Crippen molar-refractivity contribution in [2.45, 2.75) is 31.9 Å². The second kappa shape index (κ2) is 8.68. The van der Waals surface area contributed by atoms with Gasteiger partial charge in [-0.25, -0.2) is 0 Å². The number of benzene rings is 2. The average molecular weight is 364 g/mol. The molecule has 142 valence electrons. The van der Waals surface area contributed by atoms with Crippen LogP contribution in [0.5, 0.6) is 0 Å². The van der Waals surface area contributed by atoms with Crippen molar-refractivity contribution in [1.29, 1.82) is 0 Å². The fourth-order valence-electron chi connectivity index (χ4n) is 4.17. The van der Waals surface area contributed by atoms with Crippen molar-refractivity contribution in [3.05, 3.63) is 71.8 Å². The lowest BCUT2D eigenvalue weighted by Crippen LogP contribution is -2.49. The summed E-state index contributed by atoms with van der Waals surface area (Å²) in [6.45, 7) is 7.44. The molecule has 1 atom stereocenters. The molecule has 1 saturated heterocycles. The van der Waals surface area contributed by atoms with E-state index in [2.05, 4.69) is 82.5 Å². The molecule has 4 rings (SSSR count). The molecule has 0 bridgehead atoms. The van der Waals surface area contributed by atoms with E-state index in [4.69, 9.17) is 4.84 Å². The number of piperazine rings is 1. The van der Waals surface area contributed by atoms with Gasteiger partial charge in [0.25, 0.3) is 0 Å². The zero-order chi connectivity index (χ0) is 18.5. The van der Waals surface area contributed by atoms with E-state index in [1.165, 1.54) is 16.8 Å². The normalized spacial score (nSPS) is 21.3. The van der Waals surface area contributed by atoms with Crippen molar-refractivity contribution < 1.29 is 4.84 Å². The van der Waals surface area contributed by atoms with Crippen molar-refractivity contribution in [1.82, 2.24) is 9.80 Å². The highest BCUT2D eigenvalue weighted by atomic mass is 16.6. The molecular formula is C23H29N3O. The lowest BCUT2D eigenvalue weighted by molar-refractivity contribution is 0.0303. The number of rotatable bonds is 6. The summed E-state index contributed by atoms with van der Waals surface area (Å²) in [4.78, 5) is 10.8. The van der Waals surface area contributed by atoms with E-state index >= 15 is 0 Å².